The van der Waals surface area contributed by atoms with Crippen molar-refractivity contribution < 1.29 is 5.11 Å². The summed E-state index contributed by atoms with van der Waals surface area (Å²) < 4.78 is 0.659. The fraction of sp³-hybridized carbons (Fsp3) is 0.222. The van der Waals surface area contributed by atoms with Crippen LogP contribution in [0.1, 0.15) is 5.56 Å². The third-order valence-electron chi connectivity index (χ3n) is 1.96. The van der Waals surface area contributed by atoms with E-state index in [4.69, 9.17) is 12.2 Å². The molecule has 2 N–H and O–H groups in total. The zero-order valence-electron chi connectivity index (χ0n) is 6.86. The summed E-state index contributed by atoms with van der Waals surface area (Å²) in [5.74, 6) is 0. The highest BCUT2D eigenvalue weighted by Crippen LogP contribution is 2.37. The Morgan fingerprint density at radius 1 is 1.38 bits per heavy atom. The van der Waals surface area contributed by atoms with Gasteiger partial charge in [-0.25, -0.2) is 0 Å². The van der Waals surface area contributed by atoms with E-state index in [9.17, 15) is 5.11 Å². The Hall–Kier alpha value is -0.580. The SMILES string of the molecule is OC1(c2ccccc2)CNC(=S)S1. The van der Waals surface area contributed by atoms with E-state index in [1.807, 2.05) is 30.3 Å². The van der Waals surface area contributed by atoms with Gasteiger partial charge in [0.05, 0.1) is 6.54 Å². The van der Waals surface area contributed by atoms with E-state index < -0.39 is 4.93 Å². The molecule has 0 saturated carbocycles. The maximum Gasteiger partial charge on any atom is 0.159 e. The van der Waals surface area contributed by atoms with Crippen LogP contribution in [-0.4, -0.2) is 16.0 Å². The molecular weight excluding hydrogens is 202 g/mol. The Balaban J connectivity index is 2.31. The van der Waals surface area contributed by atoms with Crippen LogP contribution < -0.4 is 5.32 Å². The Labute approximate surface area is 86.3 Å². The quantitative estimate of drug-likeness (QED) is 0.689. The van der Waals surface area contributed by atoms with Crippen molar-refractivity contribution in [1.82, 2.24) is 5.32 Å². The molecule has 0 spiro atoms. The summed E-state index contributed by atoms with van der Waals surface area (Å²) >= 11 is 6.26. The maximum absolute atomic E-state index is 10.1. The molecular formula is C9H9NOS2. The smallest absolute Gasteiger partial charge is 0.159 e. The van der Waals surface area contributed by atoms with Crippen molar-refractivity contribution in [3.63, 3.8) is 0 Å². The van der Waals surface area contributed by atoms with Gasteiger partial charge in [-0.15, -0.1) is 0 Å². The molecule has 2 nitrogen and oxygen atoms in total. The number of β-amino-alcohol motifs (C(OH)–C–C–N with tert-alkyl or cyclic N) is 1. The summed E-state index contributed by atoms with van der Waals surface area (Å²) in [6, 6.07) is 9.56. The first-order valence-electron chi connectivity index (χ1n) is 3.95. The molecule has 13 heavy (non-hydrogen) atoms. The highest BCUT2D eigenvalue weighted by molar-refractivity contribution is 8.23. The summed E-state index contributed by atoms with van der Waals surface area (Å²) in [7, 11) is 0. The van der Waals surface area contributed by atoms with Crippen LogP contribution in [0.5, 0.6) is 0 Å². The first kappa shape index (κ1) is 8.99. The van der Waals surface area contributed by atoms with Gasteiger partial charge in [0.1, 0.15) is 4.32 Å². The normalized spacial score (nSPS) is 27.3. The Morgan fingerprint density at radius 2 is 2.08 bits per heavy atom. The van der Waals surface area contributed by atoms with Gasteiger partial charge in [-0.2, -0.15) is 0 Å². The minimum Gasteiger partial charge on any atom is -0.373 e. The van der Waals surface area contributed by atoms with Crippen LogP contribution in [0.15, 0.2) is 30.3 Å². The third-order valence-corrected chi connectivity index (χ3v) is 3.40. The van der Waals surface area contributed by atoms with Gasteiger partial charge in [0, 0.05) is 0 Å². The van der Waals surface area contributed by atoms with Gasteiger partial charge in [0.2, 0.25) is 0 Å². The summed E-state index contributed by atoms with van der Waals surface area (Å²) in [4.78, 5) is -0.877. The van der Waals surface area contributed by atoms with Crippen LogP contribution >= 0.6 is 24.0 Å². The number of aliphatic hydroxyl groups is 1. The fourth-order valence-electron chi connectivity index (χ4n) is 1.28. The largest absolute Gasteiger partial charge is 0.373 e. The average Bonchev–Trinajstić information content (AvgIpc) is 2.49. The third kappa shape index (κ3) is 1.70. The number of nitrogens with one attached hydrogen (secondary N) is 1. The van der Waals surface area contributed by atoms with Gasteiger partial charge in [0.25, 0.3) is 0 Å². The lowest BCUT2D eigenvalue weighted by Gasteiger charge is -2.19. The van der Waals surface area contributed by atoms with Crippen molar-refractivity contribution in [3.8, 4) is 0 Å². The monoisotopic (exact) mass is 211 g/mol. The van der Waals surface area contributed by atoms with E-state index in [0.29, 0.717) is 10.9 Å². The highest BCUT2D eigenvalue weighted by Gasteiger charge is 2.36. The number of hydrogen-bond donors (Lipinski definition) is 2. The van der Waals surface area contributed by atoms with E-state index in [0.717, 1.165) is 5.56 Å². The molecule has 0 aliphatic carbocycles. The highest BCUT2D eigenvalue weighted by atomic mass is 32.2. The van der Waals surface area contributed by atoms with E-state index in [1.165, 1.54) is 11.8 Å². The van der Waals surface area contributed by atoms with Crippen molar-refractivity contribution >= 4 is 28.3 Å². The lowest BCUT2D eigenvalue weighted by molar-refractivity contribution is 0.147. The minimum absolute atomic E-state index is 0.487. The van der Waals surface area contributed by atoms with Crippen molar-refractivity contribution in [2.45, 2.75) is 4.93 Å². The van der Waals surface area contributed by atoms with Crippen LogP contribution in [0, 0.1) is 0 Å². The Kier molecular flexibility index (Phi) is 2.27. The lowest BCUT2D eigenvalue weighted by Crippen LogP contribution is -2.26. The van der Waals surface area contributed by atoms with Crippen molar-refractivity contribution in [3.05, 3.63) is 35.9 Å². The van der Waals surface area contributed by atoms with E-state index in [-0.39, 0.29) is 0 Å². The predicted molar refractivity (Wildman–Crippen MR) is 58.5 cm³/mol. The van der Waals surface area contributed by atoms with Crippen molar-refractivity contribution in [2.75, 3.05) is 6.54 Å². The molecule has 1 saturated heterocycles. The molecule has 1 atom stereocenters. The van der Waals surface area contributed by atoms with Crippen LogP contribution in [0.3, 0.4) is 0 Å². The van der Waals surface area contributed by atoms with Crippen molar-refractivity contribution in [2.24, 2.45) is 0 Å². The molecule has 68 valence electrons. The number of thiocarbonyl (C=S) groups is 1. The van der Waals surface area contributed by atoms with E-state index in [2.05, 4.69) is 5.32 Å². The standard InChI is InChI=1S/C9H9NOS2/c11-9(6-10-8(12)13-9)7-4-2-1-3-5-7/h1-5,11H,6H2,(H,10,12). The van der Waals surface area contributed by atoms with Gasteiger partial charge in [-0.1, -0.05) is 54.3 Å². The van der Waals surface area contributed by atoms with Gasteiger partial charge < -0.3 is 10.4 Å². The van der Waals surface area contributed by atoms with Gasteiger partial charge >= 0.3 is 0 Å². The number of rotatable bonds is 1. The summed E-state index contributed by atoms with van der Waals surface area (Å²) in [5.41, 5.74) is 0.896. The molecule has 1 unspecified atom stereocenters. The molecule has 4 heteroatoms. The van der Waals surface area contributed by atoms with Crippen LogP contribution in [0.4, 0.5) is 0 Å². The average molecular weight is 211 g/mol. The predicted octanol–water partition coefficient (Wildman–Crippen LogP) is 1.45. The van der Waals surface area contributed by atoms with Crippen LogP contribution in [0.2, 0.25) is 0 Å². The topological polar surface area (TPSA) is 32.3 Å². The van der Waals surface area contributed by atoms with Crippen LogP contribution in [-0.2, 0) is 4.93 Å². The lowest BCUT2D eigenvalue weighted by atomic mass is 10.1. The van der Waals surface area contributed by atoms with E-state index >= 15 is 0 Å². The first-order chi connectivity index (χ1) is 6.21. The van der Waals surface area contributed by atoms with Gasteiger partial charge in [0.15, 0.2) is 4.93 Å². The first-order valence-corrected chi connectivity index (χ1v) is 5.18. The maximum atomic E-state index is 10.1. The molecule has 0 amide bonds. The summed E-state index contributed by atoms with van der Waals surface area (Å²) in [6.45, 7) is 0.487. The summed E-state index contributed by atoms with van der Waals surface area (Å²) in [5, 5.41) is 13.1. The number of thioether (sulfide) groups is 1. The molecule has 0 aromatic heterocycles. The molecule has 1 heterocycles. The molecule has 1 fully saturated rings. The molecule has 0 radical (unpaired) electrons. The molecule has 1 aliphatic rings. The molecule has 0 bridgehead atoms. The second-order valence-electron chi connectivity index (χ2n) is 2.89. The number of benzene rings is 1. The van der Waals surface area contributed by atoms with E-state index in [1.54, 1.807) is 0 Å². The van der Waals surface area contributed by atoms with Crippen LogP contribution in [0.25, 0.3) is 0 Å². The zero-order valence-corrected chi connectivity index (χ0v) is 8.49. The molecule has 1 aliphatic heterocycles. The van der Waals surface area contributed by atoms with Gasteiger partial charge in [-0.05, 0) is 5.56 Å². The second kappa shape index (κ2) is 3.29. The second-order valence-corrected chi connectivity index (χ2v) is 4.85. The Morgan fingerprint density at radius 3 is 2.62 bits per heavy atom. The minimum atomic E-state index is -0.877. The fourth-order valence-corrected chi connectivity index (χ4v) is 2.61. The number of hydrogen-bond acceptors (Lipinski definition) is 3. The summed E-state index contributed by atoms with van der Waals surface area (Å²) in [6.07, 6.45) is 0. The molecule has 2 rings (SSSR count). The van der Waals surface area contributed by atoms with Gasteiger partial charge in [-0.3, -0.25) is 0 Å². The molecule has 1 aromatic carbocycles. The Bertz CT molecular complexity index is 328. The zero-order chi connectivity index (χ0) is 9.31. The van der Waals surface area contributed by atoms with Crippen molar-refractivity contribution in [1.29, 1.82) is 0 Å². The molecule has 1 aromatic rings.